The molecule has 0 saturated carbocycles. The molecule has 194 valence electrons. The SMILES string of the molecule is CCCCCCCCCCCCCCCCCCCCCCCCCC(=O)/C=C(/C)C(N)=O. The summed E-state index contributed by atoms with van der Waals surface area (Å²) in [4.78, 5) is 22.6. The molecule has 0 aliphatic heterocycles. The molecule has 0 aliphatic carbocycles. The second-order valence-corrected chi connectivity index (χ2v) is 10.2. The van der Waals surface area contributed by atoms with Gasteiger partial charge in [0.25, 0.3) is 0 Å². The third-order valence-corrected chi connectivity index (χ3v) is 6.79. The van der Waals surface area contributed by atoms with Crippen molar-refractivity contribution in [2.45, 2.75) is 168 Å². The Bertz CT molecular complexity index is 484. The molecule has 0 aromatic heterocycles. The Kier molecular flexibility index (Phi) is 24.6. The quantitative estimate of drug-likeness (QED) is 0.103. The molecule has 0 rings (SSSR count). The molecule has 0 fully saturated rings. The lowest BCUT2D eigenvalue weighted by molar-refractivity contribution is -0.117. The molecule has 0 aliphatic rings. The number of primary amides is 1. The van der Waals surface area contributed by atoms with Crippen LogP contribution in [-0.2, 0) is 9.59 Å². The van der Waals surface area contributed by atoms with Gasteiger partial charge in [0, 0.05) is 12.0 Å². The van der Waals surface area contributed by atoms with E-state index in [1.165, 1.54) is 141 Å². The highest BCUT2D eigenvalue weighted by Crippen LogP contribution is 2.15. The first-order valence-electron chi connectivity index (χ1n) is 14.6. The molecule has 0 saturated heterocycles. The predicted octanol–water partition coefficient (Wildman–Crippen LogP) is 9.37. The van der Waals surface area contributed by atoms with Gasteiger partial charge in [-0.2, -0.15) is 0 Å². The van der Waals surface area contributed by atoms with Gasteiger partial charge in [0.05, 0.1) is 0 Å². The zero-order chi connectivity index (χ0) is 24.4. The minimum Gasteiger partial charge on any atom is -0.366 e. The van der Waals surface area contributed by atoms with Crippen molar-refractivity contribution in [3.8, 4) is 0 Å². The van der Waals surface area contributed by atoms with E-state index in [9.17, 15) is 9.59 Å². The second kappa shape index (κ2) is 25.5. The van der Waals surface area contributed by atoms with Gasteiger partial charge in [0.1, 0.15) is 0 Å². The van der Waals surface area contributed by atoms with Crippen LogP contribution in [0.5, 0.6) is 0 Å². The van der Waals surface area contributed by atoms with E-state index in [2.05, 4.69) is 6.92 Å². The fraction of sp³-hybridized carbons (Fsp3) is 0.867. The molecular formula is C30H57NO2. The van der Waals surface area contributed by atoms with Crippen molar-refractivity contribution in [1.29, 1.82) is 0 Å². The summed E-state index contributed by atoms with van der Waals surface area (Å²) < 4.78 is 0. The maximum absolute atomic E-state index is 11.7. The van der Waals surface area contributed by atoms with Gasteiger partial charge in [0.2, 0.25) is 5.91 Å². The Labute approximate surface area is 206 Å². The van der Waals surface area contributed by atoms with Crippen molar-refractivity contribution in [2.24, 2.45) is 5.73 Å². The van der Waals surface area contributed by atoms with Crippen LogP contribution in [0.2, 0.25) is 0 Å². The van der Waals surface area contributed by atoms with Crippen molar-refractivity contribution < 1.29 is 9.59 Å². The summed E-state index contributed by atoms with van der Waals surface area (Å²) in [5.74, 6) is -0.484. The summed E-state index contributed by atoms with van der Waals surface area (Å²) >= 11 is 0. The molecule has 0 spiro atoms. The standard InChI is InChI=1S/C30H57NO2/c1-3-4-5-6-7-8-9-10-11-12-13-14-15-16-17-18-19-20-21-22-23-24-25-26-29(32)27-28(2)30(31)33/h27H,3-26H2,1-2H3,(H2,31,33)/b28-27-. The topological polar surface area (TPSA) is 60.2 Å². The van der Waals surface area contributed by atoms with E-state index in [0.717, 1.165) is 12.8 Å². The van der Waals surface area contributed by atoms with Crippen LogP contribution in [0, 0.1) is 0 Å². The number of nitrogens with two attached hydrogens (primary N) is 1. The highest BCUT2D eigenvalue weighted by molar-refractivity contribution is 6.00. The lowest BCUT2D eigenvalue weighted by Crippen LogP contribution is -2.12. The zero-order valence-corrected chi connectivity index (χ0v) is 22.4. The summed E-state index contributed by atoms with van der Waals surface area (Å²) in [6.45, 7) is 3.89. The first kappa shape index (κ1) is 31.9. The molecular weight excluding hydrogens is 406 g/mol. The minimum absolute atomic E-state index is 0.0230. The summed E-state index contributed by atoms with van der Waals surface area (Å²) in [5, 5.41) is 0. The molecule has 0 radical (unpaired) electrons. The van der Waals surface area contributed by atoms with Crippen molar-refractivity contribution in [3.63, 3.8) is 0 Å². The number of unbranched alkanes of at least 4 members (excludes halogenated alkanes) is 22. The number of carbonyl (C=O) groups is 2. The number of amides is 1. The third-order valence-electron chi connectivity index (χ3n) is 6.79. The van der Waals surface area contributed by atoms with Crippen LogP contribution in [0.15, 0.2) is 11.6 Å². The van der Waals surface area contributed by atoms with E-state index in [0.29, 0.717) is 12.0 Å². The minimum atomic E-state index is -0.507. The van der Waals surface area contributed by atoms with E-state index in [1.807, 2.05) is 0 Å². The molecule has 0 heterocycles. The van der Waals surface area contributed by atoms with Crippen LogP contribution in [0.25, 0.3) is 0 Å². The number of hydrogen-bond donors (Lipinski definition) is 1. The Morgan fingerprint density at radius 1 is 0.515 bits per heavy atom. The highest BCUT2D eigenvalue weighted by Gasteiger charge is 2.03. The lowest BCUT2D eigenvalue weighted by atomic mass is 10.0. The highest BCUT2D eigenvalue weighted by atomic mass is 16.1. The average molecular weight is 464 g/mol. The van der Waals surface area contributed by atoms with Crippen LogP contribution in [-0.4, -0.2) is 11.7 Å². The number of allylic oxidation sites excluding steroid dienone is 1. The van der Waals surface area contributed by atoms with Gasteiger partial charge in [-0.3, -0.25) is 9.59 Å². The molecule has 0 aromatic carbocycles. The van der Waals surface area contributed by atoms with Gasteiger partial charge < -0.3 is 5.73 Å². The number of hydrogen-bond acceptors (Lipinski definition) is 2. The van der Waals surface area contributed by atoms with E-state index < -0.39 is 5.91 Å². The Morgan fingerprint density at radius 2 is 0.788 bits per heavy atom. The molecule has 3 nitrogen and oxygen atoms in total. The molecule has 1 amide bonds. The fourth-order valence-electron chi connectivity index (χ4n) is 4.47. The lowest BCUT2D eigenvalue weighted by Gasteiger charge is -2.04. The summed E-state index contributed by atoms with van der Waals surface area (Å²) in [6.07, 6.45) is 33.5. The Morgan fingerprint density at radius 3 is 1.06 bits per heavy atom. The van der Waals surface area contributed by atoms with Gasteiger partial charge in [-0.1, -0.05) is 148 Å². The van der Waals surface area contributed by atoms with Crippen LogP contribution < -0.4 is 5.73 Å². The fourth-order valence-corrected chi connectivity index (χ4v) is 4.47. The summed E-state index contributed by atoms with van der Waals surface area (Å²) in [7, 11) is 0. The predicted molar refractivity (Wildman–Crippen MR) is 144 cm³/mol. The Balaban J connectivity index is 3.17. The van der Waals surface area contributed by atoms with Crippen LogP contribution in [0.4, 0.5) is 0 Å². The molecule has 0 bridgehead atoms. The van der Waals surface area contributed by atoms with Gasteiger partial charge in [-0.05, 0) is 19.4 Å². The normalized spacial score (nSPS) is 11.8. The van der Waals surface area contributed by atoms with E-state index in [1.54, 1.807) is 6.92 Å². The van der Waals surface area contributed by atoms with Gasteiger partial charge in [-0.15, -0.1) is 0 Å². The molecule has 33 heavy (non-hydrogen) atoms. The van der Waals surface area contributed by atoms with Crippen LogP contribution in [0.3, 0.4) is 0 Å². The smallest absolute Gasteiger partial charge is 0.244 e. The Hall–Kier alpha value is -1.12. The van der Waals surface area contributed by atoms with Crippen LogP contribution in [0.1, 0.15) is 168 Å². The van der Waals surface area contributed by atoms with Gasteiger partial charge in [-0.25, -0.2) is 0 Å². The zero-order valence-electron chi connectivity index (χ0n) is 22.4. The monoisotopic (exact) mass is 463 g/mol. The average Bonchev–Trinajstić information content (AvgIpc) is 2.79. The third kappa shape index (κ3) is 25.3. The van der Waals surface area contributed by atoms with E-state index >= 15 is 0 Å². The summed E-state index contributed by atoms with van der Waals surface area (Å²) in [6, 6.07) is 0. The maximum Gasteiger partial charge on any atom is 0.244 e. The first-order chi connectivity index (χ1) is 16.1. The van der Waals surface area contributed by atoms with Gasteiger partial charge in [0.15, 0.2) is 5.78 Å². The second-order valence-electron chi connectivity index (χ2n) is 10.2. The number of carbonyl (C=O) groups excluding carboxylic acids is 2. The van der Waals surface area contributed by atoms with Crippen LogP contribution >= 0.6 is 0 Å². The number of rotatable bonds is 26. The number of ketones is 1. The van der Waals surface area contributed by atoms with E-state index in [4.69, 9.17) is 5.73 Å². The van der Waals surface area contributed by atoms with Gasteiger partial charge >= 0.3 is 0 Å². The molecule has 2 N–H and O–H groups in total. The van der Waals surface area contributed by atoms with Crippen molar-refractivity contribution in [2.75, 3.05) is 0 Å². The van der Waals surface area contributed by atoms with Crippen molar-refractivity contribution in [3.05, 3.63) is 11.6 Å². The van der Waals surface area contributed by atoms with E-state index in [-0.39, 0.29) is 5.78 Å². The molecule has 0 aromatic rings. The maximum atomic E-state index is 11.7. The molecule has 0 atom stereocenters. The van der Waals surface area contributed by atoms with Crippen molar-refractivity contribution in [1.82, 2.24) is 0 Å². The first-order valence-corrected chi connectivity index (χ1v) is 14.6. The van der Waals surface area contributed by atoms with Crippen molar-refractivity contribution >= 4 is 11.7 Å². The molecule has 0 unspecified atom stereocenters. The largest absolute Gasteiger partial charge is 0.366 e. The molecule has 3 heteroatoms. The summed E-state index contributed by atoms with van der Waals surface area (Å²) in [5.41, 5.74) is 5.50.